The Morgan fingerprint density at radius 2 is 1.43 bits per heavy atom. The molecule has 0 aromatic heterocycles. The second-order valence-corrected chi connectivity index (χ2v) is 4.08. The van der Waals surface area contributed by atoms with Gasteiger partial charge in [0.25, 0.3) is 0 Å². The summed E-state index contributed by atoms with van der Waals surface area (Å²) in [6.45, 7) is 6.73. The van der Waals surface area contributed by atoms with Crippen molar-refractivity contribution < 1.29 is 4.58 Å². The van der Waals surface area contributed by atoms with E-state index in [0.29, 0.717) is 0 Å². The number of guanidine groups is 1. The predicted octanol–water partition coefficient (Wildman–Crippen LogP) is 1.30. The summed E-state index contributed by atoms with van der Waals surface area (Å²) in [5, 5.41) is 0. The lowest BCUT2D eigenvalue weighted by Gasteiger charge is -2.24. The van der Waals surface area contributed by atoms with Crippen LogP contribution < -0.4 is 0 Å². The Morgan fingerprint density at radius 3 is 1.64 bits per heavy atom. The van der Waals surface area contributed by atoms with E-state index in [-0.39, 0.29) is 0 Å². The lowest BCUT2D eigenvalue weighted by atomic mass is 10.3. The minimum absolute atomic E-state index is 1.14. The van der Waals surface area contributed by atoms with Crippen molar-refractivity contribution in [3.05, 3.63) is 0 Å². The minimum Gasteiger partial charge on any atom is -0.270 e. The standard InChI is InChI=1S/C11H26N3/c1-7-9-14(10-8-2)11(12(3)4)13(5)6/h7-10H2,1-6H3/q+1. The van der Waals surface area contributed by atoms with Crippen molar-refractivity contribution >= 4 is 5.96 Å². The molecular formula is C11H26N3+. The molecular weight excluding hydrogens is 174 g/mol. The van der Waals surface area contributed by atoms with Crippen molar-refractivity contribution in [3.8, 4) is 0 Å². The monoisotopic (exact) mass is 200 g/mol. The maximum atomic E-state index is 2.44. The summed E-state index contributed by atoms with van der Waals surface area (Å²) in [6.07, 6.45) is 2.40. The van der Waals surface area contributed by atoms with Crippen molar-refractivity contribution in [1.29, 1.82) is 0 Å². The van der Waals surface area contributed by atoms with Gasteiger partial charge in [0.15, 0.2) is 0 Å². The van der Waals surface area contributed by atoms with E-state index in [9.17, 15) is 0 Å². The van der Waals surface area contributed by atoms with E-state index in [1.54, 1.807) is 0 Å². The molecule has 0 atom stereocenters. The Hall–Kier alpha value is -0.730. The van der Waals surface area contributed by atoms with Crippen LogP contribution in [-0.2, 0) is 0 Å². The van der Waals surface area contributed by atoms with E-state index in [4.69, 9.17) is 0 Å². The summed E-state index contributed by atoms with van der Waals surface area (Å²) in [5.74, 6) is 1.30. The molecule has 3 heteroatoms. The van der Waals surface area contributed by atoms with E-state index in [0.717, 1.165) is 13.1 Å². The quantitative estimate of drug-likeness (QED) is 0.384. The molecule has 3 nitrogen and oxygen atoms in total. The molecule has 0 unspecified atom stereocenters. The Balaban J connectivity index is 4.65. The maximum absolute atomic E-state index is 2.44. The van der Waals surface area contributed by atoms with E-state index in [2.05, 4.69) is 56.4 Å². The zero-order valence-corrected chi connectivity index (χ0v) is 10.7. The van der Waals surface area contributed by atoms with Gasteiger partial charge in [-0.1, -0.05) is 13.8 Å². The molecule has 0 bridgehead atoms. The van der Waals surface area contributed by atoms with Gasteiger partial charge >= 0.3 is 5.96 Å². The second-order valence-electron chi connectivity index (χ2n) is 4.08. The van der Waals surface area contributed by atoms with Crippen LogP contribution in [0.3, 0.4) is 0 Å². The fourth-order valence-corrected chi connectivity index (χ4v) is 1.82. The first-order valence-corrected chi connectivity index (χ1v) is 5.51. The lowest BCUT2D eigenvalue weighted by molar-refractivity contribution is -0.476. The molecule has 0 radical (unpaired) electrons. The van der Waals surface area contributed by atoms with Gasteiger partial charge in [-0.25, -0.2) is 0 Å². The van der Waals surface area contributed by atoms with Crippen molar-refractivity contribution in [2.24, 2.45) is 0 Å². The smallest absolute Gasteiger partial charge is 0.270 e. The fraction of sp³-hybridized carbons (Fsp3) is 0.909. The number of hydrogen-bond acceptors (Lipinski definition) is 0. The van der Waals surface area contributed by atoms with Crippen LogP contribution in [0.5, 0.6) is 0 Å². The molecule has 0 spiro atoms. The zero-order valence-electron chi connectivity index (χ0n) is 10.7. The lowest BCUT2D eigenvalue weighted by Crippen LogP contribution is -2.46. The zero-order chi connectivity index (χ0) is 11.1. The molecule has 0 aliphatic carbocycles. The van der Waals surface area contributed by atoms with E-state index < -0.39 is 0 Å². The first kappa shape index (κ1) is 13.3. The third-order valence-corrected chi connectivity index (χ3v) is 2.07. The van der Waals surface area contributed by atoms with Crippen LogP contribution in [0.2, 0.25) is 0 Å². The van der Waals surface area contributed by atoms with E-state index in [1.807, 2.05) is 0 Å². The molecule has 0 saturated carbocycles. The Bertz CT molecular complexity index is 175. The largest absolute Gasteiger partial charge is 0.349 e. The van der Waals surface area contributed by atoms with Gasteiger partial charge in [0.1, 0.15) is 0 Å². The molecule has 0 aromatic carbocycles. The molecule has 0 aromatic rings. The number of hydrogen-bond donors (Lipinski definition) is 0. The summed E-state index contributed by atoms with van der Waals surface area (Å²) in [7, 11) is 8.42. The van der Waals surface area contributed by atoms with Crippen molar-refractivity contribution in [2.45, 2.75) is 26.7 Å². The Kier molecular flexibility index (Phi) is 6.34. The highest BCUT2D eigenvalue weighted by atomic mass is 15.4. The number of nitrogens with zero attached hydrogens (tertiary/aromatic N) is 3. The van der Waals surface area contributed by atoms with Gasteiger partial charge < -0.3 is 0 Å². The van der Waals surface area contributed by atoms with Gasteiger partial charge in [0.05, 0.1) is 41.3 Å². The molecule has 0 fully saturated rings. The highest BCUT2D eigenvalue weighted by Gasteiger charge is 2.20. The molecule has 84 valence electrons. The first-order valence-electron chi connectivity index (χ1n) is 5.51. The van der Waals surface area contributed by atoms with Gasteiger partial charge in [-0.05, 0) is 12.8 Å². The van der Waals surface area contributed by atoms with E-state index in [1.165, 1.54) is 18.8 Å². The highest BCUT2D eigenvalue weighted by molar-refractivity contribution is 5.74. The molecule has 0 N–H and O–H groups in total. The van der Waals surface area contributed by atoms with Crippen LogP contribution >= 0.6 is 0 Å². The van der Waals surface area contributed by atoms with Crippen LogP contribution in [-0.4, -0.2) is 61.6 Å². The fourth-order valence-electron chi connectivity index (χ4n) is 1.82. The SMILES string of the molecule is CCCN(CCC)C(N(C)C)=[N+](C)C. The maximum Gasteiger partial charge on any atom is 0.349 e. The summed E-state index contributed by atoms with van der Waals surface area (Å²) < 4.78 is 2.19. The van der Waals surface area contributed by atoms with E-state index >= 15 is 0 Å². The summed E-state index contributed by atoms with van der Waals surface area (Å²) >= 11 is 0. The van der Waals surface area contributed by atoms with Crippen molar-refractivity contribution in [1.82, 2.24) is 9.80 Å². The van der Waals surface area contributed by atoms with Gasteiger partial charge in [-0.15, -0.1) is 0 Å². The summed E-state index contributed by atoms with van der Waals surface area (Å²) in [6, 6.07) is 0. The van der Waals surface area contributed by atoms with Crippen LogP contribution in [0.4, 0.5) is 0 Å². The Morgan fingerprint density at radius 1 is 1.00 bits per heavy atom. The highest BCUT2D eigenvalue weighted by Crippen LogP contribution is 1.98. The van der Waals surface area contributed by atoms with Crippen molar-refractivity contribution in [2.75, 3.05) is 41.3 Å². The van der Waals surface area contributed by atoms with Crippen LogP contribution in [0.15, 0.2) is 0 Å². The third-order valence-electron chi connectivity index (χ3n) is 2.07. The summed E-state index contributed by atoms with van der Waals surface area (Å²) in [4.78, 5) is 4.63. The van der Waals surface area contributed by atoms with Gasteiger partial charge in [-0.2, -0.15) is 0 Å². The molecule has 0 amide bonds. The molecule has 0 aliphatic heterocycles. The predicted molar refractivity (Wildman–Crippen MR) is 63.0 cm³/mol. The van der Waals surface area contributed by atoms with Gasteiger partial charge in [0, 0.05) is 0 Å². The average Bonchev–Trinajstić information content (AvgIpc) is 2.03. The topological polar surface area (TPSA) is 9.49 Å². The summed E-state index contributed by atoms with van der Waals surface area (Å²) in [5.41, 5.74) is 0. The minimum atomic E-state index is 1.14. The molecule has 0 aliphatic rings. The second kappa shape index (κ2) is 6.68. The molecule has 0 rings (SSSR count). The van der Waals surface area contributed by atoms with Crippen LogP contribution in [0.1, 0.15) is 26.7 Å². The van der Waals surface area contributed by atoms with Crippen molar-refractivity contribution in [3.63, 3.8) is 0 Å². The normalized spacial score (nSPS) is 9.86. The molecule has 14 heavy (non-hydrogen) atoms. The first-order chi connectivity index (χ1) is 6.54. The van der Waals surface area contributed by atoms with Gasteiger partial charge in [-0.3, -0.25) is 14.4 Å². The van der Waals surface area contributed by atoms with Gasteiger partial charge in [0.2, 0.25) is 0 Å². The average molecular weight is 200 g/mol. The Labute approximate surface area is 89.0 Å². The number of rotatable bonds is 4. The molecule has 0 heterocycles. The van der Waals surface area contributed by atoms with Crippen LogP contribution in [0.25, 0.3) is 0 Å². The third kappa shape index (κ3) is 3.99. The van der Waals surface area contributed by atoms with Crippen LogP contribution in [0, 0.1) is 0 Å². The molecule has 0 saturated heterocycles.